The number of carbonyl (C=O) groups is 2. The molecule has 1 saturated heterocycles. The van der Waals surface area contributed by atoms with E-state index in [1.165, 1.54) is 29.1 Å². The van der Waals surface area contributed by atoms with Gasteiger partial charge < -0.3 is 15.8 Å². The molecule has 1 aromatic carbocycles. The number of nitrogens with one attached hydrogen (secondary N) is 1. The second kappa shape index (κ2) is 8.93. The highest BCUT2D eigenvalue weighted by Gasteiger charge is 2.36. The maximum atomic E-state index is 14.5. The lowest BCUT2D eigenvalue weighted by Crippen LogP contribution is -2.42. The number of hydrogen-bond acceptors (Lipinski definition) is 7. The number of nitrogens with two attached hydrogens (primary N) is 1. The highest BCUT2D eigenvalue weighted by Crippen LogP contribution is 2.21. The smallest absolute Gasteiger partial charge is 0.320 e. The number of rotatable bonds is 6. The van der Waals surface area contributed by atoms with E-state index in [0.717, 1.165) is 12.3 Å². The minimum Gasteiger partial charge on any atom is -0.465 e. The van der Waals surface area contributed by atoms with Crippen LogP contribution < -0.4 is 16.6 Å². The summed E-state index contributed by atoms with van der Waals surface area (Å²) in [5.41, 5.74) is 5.81. The zero-order chi connectivity index (χ0) is 21.0. The van der Waals surface area contributed by atoms with Crippen molar-refractivity contribution in [2.45, 2.75) is 25.4 Å². The third-order valence-corrected chi connectivity index (χ3v) is 4.59. The molecule has 2 aromatic rings. The fourth-order valence-electron chi connectivity index (χ4n) is 3.29. The first-order valence-electron chi connectivity index (χ1n) is 9.17. The quantitative estimate of drug-likeness (QED) is 0.665. The molecule has 0 radical (unpaired) electrons. The number of carbonyl (C=O) groups excluding carboxylic acids is 2. The SMILES string of the molecule is CCOC(=O)CN1C[C@@H](N)C[C@H]1C(=O)Nc1ccc(-n2ccncc2=O)cc1F. The van der Waals surface area contributed by atoms with E-state index >= 15 is 0 Å². The molecule has 3 rings (SSSR count). The molecule has 1 aliphatic heterocycles. The first-order valence-corrected chi connectivity index (χ1v) is 9.17. The summed E-state index contributed by atoms with van der Waals surface area (Å²) in [6, 6.07) is 3.09. The van der Waals surface area contributed by atoms with Crippen LogP contribution in [0, 0.1) is 5.82 Å². The summed E-state index contributed by atoms with van der Waals surface area (Å²) in [6.45, 7) is 2.24. The van der Waals surface area contributed by atoms with Crippen LogP contribution in [-0.2, 0) is 14.3 Å². The fourth-order valence-corrected chi connectivity index (χ4v) is 3.29. The van der Waals surface area contributed by atoms with Crippen LogP contribution in [-0.4, -0.2) is 58.1 Å². The van der Waals surface area contributed by atoms with Gasteiger partial charge in [-0.05, 0) is 25.5 Å². The molecule has 10 heteroatoms. The summed E-state index contributed by atoms with van der Waals surface area (Å²) in [5.74, 6) is -1.61. The maximum Gasteiger partial charge on any atom is 0.320 e. The molecule has 1 aliphatic rings. The Morgan fingerprint density at radius 2 is 2.21 bits per heavy atom. The summed E-state index contributed by atoms with van der Waals surface area (Å²) >= 11 is 0. The van der Waals surface area contributed by atoms with Crippen LogP contribution in [0.25, 0.3) is 5.69 Å². The van der Waals surface area contributed by atoms with Gasteiger partial charge in [-0.1, -0.05) is 0 Å². The highest BCUT2D eigenvalue weighted by molar-refractivity contribution is 5.95. The molecule has 0 unspecified atom stereocenters. The monoisotopic (exact) mass is 403 g/mol. The summed E-state index contributed by atoms with van der Waals surface area (Å²) in [6.07, 6.45) is 4.30. The number of esters is 1. The molecular formula is C19H22FN5O4. The predicted molar refractivity (Wildman–Crippen MR) is 103 cm³/mol. The summed E-state index contributed by atoms with van der Waals surface area (Å²) in [4.78, 5) is 41.6. The van der Waals surface area contributed by atoms with Crippen molar-refractivity contribution in [3.05, 3.63) is 53.0 Å². The van der Waals surface area contributed by atoms with E-state index in [4.69, 9.17) is 10.5 Å². The molecule has 0 saturated carbocycles. The Morgan fingerprint density at radius 3 is 2.90 bits per heavy atom. The van der Waals surface area contributed by atoms with Crippen molar-refractivity contribution in [1.82, 2.24) is 14.5 Å². The number of hydrogen-bond donors (Lipinski definition) is 2. The standard InChI is InChI=1S/C19H22FN5O4/c1-2-29-18(27)11-24-10-12(21)7-16(24)19(28)23-15-4-3-13(8-14(15)20)25-6-5-22-9-17(25)26/h3-6,8-9,12,16H,2,7,10-11,21H2,1H3,(H,23,28)/t12-,16-/m0/s1. The Balaban J connectivity index is 1.73. The summed E-state index contributed by atoms with van der Waals surface area (Å²) in [5, 5.41) is 2.54. The summed E-state index contributed by atoms with van der Waals surface area (Å²) in [7, 11) is 0. The Bertz CT molecular complexity index is 964. The van der Waals surface area contributed by atoms with Crippen molar-refractivity contribution in [1.29, 1.82) is 0 Å². The first kappa shape index (κ1) is 20.6. The van der Waals surface area contributed by atoms with Gasteiger partial charge in [0.1, 0.15) is 5.82 Å². The van der Waals surface area contributed by atoms with Crippen molar-refractivity contribution in [2.75, 3.05) is 25.0 Å². The van der Waals surface area contributed by atoms with Crippen molar-refractivity contribution < 1.29 is 18.7 Å². The molecule has 0 bridgehead atoms. The molecule has 0 aliphatic carbocycles. The second-order valence-electron chi connectivity index (χ2n) is 6.68. The summed E-state index contributed by atoms with van der Waals surface area (Å²) < 4.78 is 20.7. The van der Waals surface area contributed by atoms with Crippen LogP contribution in [0.5, 0.6) is 0 Å². The lowest BCUT2D eigenvalue weighted by Gasteiger charge is -2.22. The van der Waals surface area contributed by atoms with Crippen molar-refractivity contribution in [3.8, 4) is 5.69 Å². The van der Waals surface area contributed by atoms with E-state index in [0.29, 0.717) is 18.7 Å². The normalized spacial score (nSPS) is 19.1. The van der Waals surface area contributed by atoms with E-state index < -0.39 is 29.3 Å². The molecule has 9 nitrogen and oxygen atoms in total. The zero-order valence-corrected chi connectivity index (χ0v) is 15.9. The van der Waals surface area contributed by atoms with E-state index in [1.807, 2.05) is 0 Å². The molecular weight excluding hydrogens is 381 g/mol. The van der Waals surface area contributed by atoms with Gasteiger partial charge in [0.2, 0.25) is 5.91 Å². The lowest BCUT2D eigenvalue weighted by molar-refractivity contribution is -0.144. The number of ether oxygens (including phenoxy) is 1. The van der Waals surface area contributed by atoms with Gasteiger partial charge in [-0.25, -0.2) is 4.39 Å². The van der Waals surface area contributed by atoms with E-state index in [-0.39, 0.29) is 24.9 Å². The fraction of sp³-hybridized carbons (Fsp3) is 0.368. The highest BCUT2D eigenvalue weighted by atomic mass is 19.1. The molecule has 154 valence electrons. The van der Waals surface area contributed by atoms with Gasteiger partial charge in [0, 0.05) is 31.0 Å². The lowest BCUT2D eigenvalue weighted by atomic mass is 10.1. The maximum absolute atomic E-state index is 14.5. The third kappa shape index (κ3) is 4.84. The van der Waals surface area contributed by atoms with Crippen LogP contribution in [0.3, 0.4) is 0 Å². The van der Waals surface area contributed by atoms with Gasteiger partial charge in [0.15, 0.2) is 0 Å². The van der Waals surface area contributed by atoms with Crippen LogP contribution >= 0.6 is 0 Å². The Morgan fingerprint density at radius 1 is 1.41 bits per heavy atom. The Hall–Kier alpha value is -3.11. The van der Waals surface area contributed by atoms with Crippen molar-refractivity contribution in [3.63, 3.8) is 0 Å². The van der Waals surface area contributed by atoms with Crippen LogP contribution in [0.2, 0.25) is 0 Å². The number of halogens is 1. The van der Waals surface area contributed by atoms with E-state index in [9.17, 15) is 18.8 Å². The minimum absolute atomic E-state index is 0.0302. The van der Waals surface area contributed by atoms with Crippen molar-refractivity contribution in [2.24, 2.45) is 5.73 Å². The number of benzene rings is 1. The number of aromatic nitrogens is 2. The van der Waals surface area contributed by atoms with Gasteiger partial charge in [0.25, 0.3) is 5.56 Å². The molecule has 1 amide bonds. The average molecular weight is 403 g/mol. The number of amides is 1. The van der Waals surface area contributed by atoms with Crippen LogP contribution in [0.4, 0.5) is 10.1 Å². The number of nitrogens with zero attached hydrogens (tertiary/aromatic N) is 3. The van der Waals surface area contributed by atoms with Gasteiger partial charge >= 0.3 is 5.97 Å². The van der Waals surface area contributed by atoms with Gasteiger partial charge in [-0.15, -0.1) is 0 Å². The van der Waals surface area contributed by atoms with Crippen LogP contribution in [0.15, 0.2) is 41.6 Å². The van der Waals surface area contributed by atoms with Gasteiger partial charge in [-0.2, -0.15) is 0 Å². The van der Waals surface area contributed by atoms with Crippen LogP contribution in [0.1, 0.15) is 13.3 Å². The largest absolute Gasteiger partial charge is 0.465 e. The van der Waals surface area contributed by atoms with Crippen molar-refractivity contribution >= 4 is 17.6 Å². The van der Waals surface area contributed by atoms with E-state index in [2.05, 4.69) is 10.3 Å². The molecule has 2 heterocycles. The number of likely N-dealkylation sites (tertiary alicyclic amines) is 1. The zero-order valence-electron chi connectivity index (χ0n) is 15.9. The molecule has 3 N–H and O–H groups in total. The molecule has 29 heavy (non-hydrogen) atoms. The van der Waals surface area contributed by atoms with Gasteiger partial charge in [0.05, 0.1) is 36.8 Å². The Kier molecular flexibility index (Phi) is 6.35. The molecule has 1 fully saturated rings. The average Bonchev–Trinajstić information content (AvgIpc) is 3.04. The third-order valence-electron chi connectivity index (χ3n) is 4.59. The topological polar surface area (TPSA) is 120 Å². The molecule has 2 atom stereocenters. The second-order valence-corrected chi connectivity index (χ2v) is 6.68. The number of anilines is 1. The molecule has 1 aromatic heterocycles. The Labute approximate surface area is 166 Å². The predicted octanol–water partition coefficient (Wildman–Crippen LogP) is 0.275. The first-order chi connectivity index (χ1) is 13.9. The van der Waals surface area contributed by atoms with Gasteiger partial charge in [-0.3, -0.25) is 28.8 Å². The minimum atomic E-state index is -0.696. The molecule has 0 spiro atoms. The van der Waals surface area contributed by atoms with E-state index in [1.54, 1.807) is 11.8 Å².